The molecule has 1 fully saturated rings. The fourth-order valence-corrected chi connectivity index (χ4v) is 2.74. The second kappa shape index (κ2) is 4.55. The van der Waals surface area contributed by atoms with Gasteiger partial charge in [-0.2, -0.15) is 0 Å². The van der Waals surface area contributed by atoms with Crippen LogP contribution in [0.5, 0.6) is 0 Å². The smallest absolute Gasteiger partial charge is 0.108 e. The first kappa shape index (κ1) is 11.6. The third kappa shape index (κ3) is 1.87. The number of hydrogen-bond donors (Lipinski definition) is 2. The van der Waals surface area contributed by atoms with Gasteiger partial charge in [0.1, 0.15) is 5.82 Å². The average Bonchev–Trinajstić information content (AvgIpc) is 2.95. The zero-order chi connectivity index (χ0) is 11.6. The molecule has 4 nitrogen and oxygen atoms in total. The minimum atomic E-state index is -0.0834. The summed E-state index contributed by atoms with van der Waals surface area (Å²) < 4.78 is 2.27. The molecule has 0 bridgehead atoms. The standard InChI is InChI=1S/C12H21N3O/c1-3-11-14-6-7-15(11)10-4-5-12(8-10,9-16)13-2/h6-7,10,13,16H,3-5,8-9H2,1-2H3. The van der Waals surface area contributed by atoms with Crippen molar-refractivity contribution in [1.82, 2.24) is 14.9 Å². The lowest BCUT2D eigenvalue weighted by molar-refractivity contribution is 0.168. The van der Waals surface area contributed by atoms with E-state index in [0.717, 1.165) is 31.5 Å². The van der Waals surface area contributed by atoms with Gasteiger partial charge in [0.25, 0.3) is 0 Å². The van der Waals surface area contributed by atoms with Crippen LogP contribution in [0.1, 0.15) is 38.1 Å². The molecule has 0 saturated heterocycles. The summed E-state index contributed by atoms with van der Waals surface area (Å²) >= 11 is 0. The van der Waals surface area contributed by atoms with E-state index in [9.17, 15) is 5.11 Å². The SMILES string of the molecule is CCc1nccn1C1CCC(CO)(NC)C1. The molecule has 0 radical (unpaired) electrons. The molecule has 2 rings (SSSR count). The number of nitrogens with zero attached hydrogens (tertiary/aromatic N) is 2. The van der Waals surface area contributed by atoms with Crippen LogP contribution in [0.2, 0.25) is 0 Å². The van der Waals surface area contributed by atoms with Crippen molar-refractivity contribution in [3.05, 3.63) is 18.2 Å². The van der Waals surface area contributed by atoms with Crippen LogP contribution in [0.25, 0.3) is 0 Å². The van der Waals surface area contributed by atoms with E-state index >= 15 is 0 Å². The Morgan fingerprint density at radius 3 is 3.06 bits per heavy atom. The molecule has 1 aromatic heterocycles. The largest absolute Gasteiger partial charge is 0.394 e. The number of aromatic nitrogens is 2. The number of rotatable bonds is 4. The van der Waals surface area contributed by atoms with Crippen LogP contribution in [0.15, 0.2) is 12.4 Å². The Hall–Kier alpha value is -0.870. The highest BCUT2D eigenvalue weighted by Crippen LogP contribution is 2.37. The maximum atomic E-state index is 9.47. The van der Waals surface area contributed by atoms with Gasteiger partial charge in [0.05, 0.1) is 6.61 Å². The predicted molar refractivity (Wildman–Crippen MR) is 63.4 cm³/mol. The number of imidazole rings is 1. The van der Waals surface area contributed by atoms with E-state index in [4.69, 9.17) is 0 Å². The van der Waals surface area contributed by atoms with Crippen molar-refractivity contribution < 1.29 is 5.11 Å². The lowest BCUT2D eigenvalue weighted by atomic mass is 9.99. The molecule has 2 N–H and O–H groups in total. The maximum Gasteiger partial charge on any atom is 0.108 e. The Morgan fingerprint density at radius 1 is 1.69 bits per heavy atom. The molecule has 1 aliphatic carbocycles. The fourth-order valence-electron chi connectivity index (χ4n) is 2.74. The summed E-state index contributed by atoms with van der Waals surface area (Å²) in [5, 5.41) is 12.7. The fraction of sp³-hybridized carbons (Fsp3) is 0.750. The van der Waals surface area contributed by atoms with Gasteiger partial charge in [-0.15, -0.1) is 0 Å². The molecule has 1 aromatic rings. The van der Waals surface area contributed by atoms with Gasteiger partial charge in [0.15, 0.2) is 0 Å². The van der Waals surface area contributed by atoms with E-state index in [2.05, 4.69) is 28.0 Å². The van der Waals surface area contributed by atoms with Gasteiger partial charge in [-0.25, -0.2) is 4.98 Å². The summed E-state index contributed by atoms with van der Waals surface area (Å²) in [6.07, 6.45) is 8.04. The minimum Gasteiger partial charge on any atom is -0.394 e. The van der Waals surface area contributed by atoms with Crippen LogP contribution in [-0.4, -0.2) is 33.9 Å². The van der Waals surface area contributed by atoms with Crippen molar-refractivity contribution in [1.29, 1.82) is 0 Å². The Kier molecular flexibility index (Phi) is 3.30. The molecule has 1 saturated carbocycles. The second-order valence-electron chi connectivity index (χ2n) is 4.69. The molecule has 16 heavy (non-hydrogen) atoms. The summed E-state index contributed by atoms with van der Waals surface area (Å²) in [7, 11) is 1.94. The third-order valence-corrected chi connectivity index (χ3v) is 3.87. The summed E-state index contributed by atoms with van der Waals surface area (Å²) in [5.74, 6) is 1.15. The molecule has 4 heteroatoms. The Balaban J connectivity index is 2.14. The molecular formula is C12H21N3O. The second-order valence-corrected chi connectivity index (χ2v) is 4.69. The van der Waals surface area contributed by atoms with Crippen LogP contribution < -0.4 is 5.32 Å². The summed E-state index contributed by atoms with van der Waals surface area (Å²) in [4.78, 5) is 4.36. The highest BCUT2D eigenvalue weighted by Gasteiger charge is 2.38. The molecule has 1 aliphatic rings. The number of likely N-dealkylation sites (N-methyl/N-ethyl adjacent to an activating group) is 1. The monoisotopic (exact) mass is 223 g/mol. The van der Waals surface area contributed by atoms with Crippen LogP contribution in [0.3, 0.4) is 0 Å². The first-order valence-electron chi connectivity index (χ1n) is 6.06. The molecule has 1 heterocycles. The lowest BCUT2D eigenvalue weighted by Crippen LogP contribution is -2.44. The quantitative estimate of drug-likeness (QED) is 0.804. The molecule has 0 spiro atoms. The average molecular weight is 223 g/mol. The molecule has 2 unspecified atom stereocenters. The van der Waals surface area contributed by atoms with Gasteiger partial charge >= 0.3 is 0 Å². The van der Waals surface area contributed by atoms with Crippen molar-refractivity contribution in [2.75, 3.05) is 13.7 Å². The van der Waals surface area contributed by atoms with Crippen LogP contribution in [-0.2, 0) is 6.42 Å². The van der Waals surface area contributed by atoms with E-state index < -0.39 is 0 Å². The first-order valence-corrected chi connectivity index (χ1v) is 6.06. The van der Waals surface area contributed by atoms with E-state index in [1.807, 2.05) is 13.2 Å². The van der Waals surface area contributed by atoms with Gasteiger partial charge in [0.2, 0.25) is 0 Å². The topological polar surface area (TPSA) is 50.1 Å². The highest BCUT2D eigenvalue weighted by molar-refractivity contribution is 5.02. The van der Waals surface area contributed by atoms with E-state index in [0.29, 0.717) is 6.04 Å². The van der Waals surface area contributed by atoms with Crippen molar-refractivity contribution in [2.45, 2.75) is 44.2 Å². The minimum absolute atomic E-state index is 0.0834. The van der Waals surface area contributed by atoms with Crippen LogP contribution in [0.4, 0.5) is 0 Å². The summed E-state index contributed by atoms with van der Waals surface area (Å²) in [5.41, 5.74) is -0.0834. The van der Waals surface area contributed by atoms with E-state index in [-0.39, 0.29) is 12.1 Å². The number of aliphatic hydroxyl groups excluding tert-OH is 1. The van der Waals surface area contributed by atoms with Gasteiger partial charge in [-0.1, -0.05) is 6.92 Å². The zero-order valence-corrected chi connectivity index (χ0v) is 10.1. The molecule has 0 amide bonds. The van der Waals surface area contributed by atoms with Crippen LogP contribution >= 0.6 is 0 Å². The zero-order valence-electron chi connectivity index (χ0n) is 10.1. The Morgan fingerprint density at radius 2 is 2.50 bits per heavy atom. The third-order valence-electron chi connectivity index (χ3n) is 3.87. The summed E-state index contributed by atoms with van der Waals surface area (Å²) in [6, 6.07) is 0.483. The van der Waals surface area contributed by atoms with E-state index in [1.54, 1.807) is 0 Å². The van der Waals surface area contributed by atoms with Gasteiger partial charge in [-0.05, 0) is 26.3 Å². The molecular weight excluding hydrogens is 202 g/mol. The highest BCUT2D eigenvalue weighted by atomic mass is 16.3. The predicted octanol–water partition coefficient (Wildman–Crippen LogP) is 1.12. The number of hydrogen-bond acceptors (Lipinski definition) is 3. The van der Waals surface area contributed by atoms with Crippen molar-refractivity contribution in [2.24, 2.45) is 0 Å². The van der Waals surface area contributed by atoms with Gasteiger partial charge in [0, 0.05) is 30.4 Å². The molecule has 0 aromatic carbocycles. The van der Waals surface area contributed by atoms with Gasteiger partial charge < -0.3 is 15.0 Å². The first-order chi connectivity index (χ1) is 7.74. The van der Waals surface area contributed by atoms with Crippen molar-refractivity contribution in [3.8, 4) is 0 Å². The van der Waals surface area contributed by atoms with E-state index in [1.165, 1.54) is 0 Å². The number of nitrogens with one attached hydrogen (secondary N) is 1. The van der Waals surface area contributed by atoms with Crippen LogP contribution in [0, 0.1) is 0 Å². The van der Waals surface area contributed by atoms with Crippen molar-refractivity contribution >= 4 is 0 Å². The number of aliphatic hydroxyl groups is 1. The number of aryl methyl sites for hydroxylation is 1. The van der Waals surface area contributed by atoms with Crippen molar-refractivity contribution in [3.63, 3.8) is 0 Å². The molecule has 90 valence electrons. The summed E-state index contributed by atoms with van der Waals surface area (Å²) in [6.45, 7) is 2.35. The Bertz CT molecular complexity index is 344. The van der Waals surface area contributed by atoms with Gasteiger partial charge in [-0.3, -0.25) is 0 Å². The lowest BCUT2D eigenvalue weighted by Gasteiger charge is -2.26. The Labute approximate surface area is 96.7 Å². The molecule has 0 aliphatic heterocycles. The molecule has 2 atom stereocenters. The maximum absolute atomic E-state index is 9.47. The normalized spacial score (nSPS) is 29.8.